The van der Waals surface area contributed by atoms with Crippen molar-refractivity contribution in [2.24, 2.45) is 0 Å². The second-order valence-corrected chi connectivity index (χ2v) is 6.21. The van der Waals surface area contributed by atoms with Gasteiger partial charge in [-0.3, -0.25) is 0 Å². The molecule has 2 rings (SSSR count). The predicted octanol–water partition coefficient (Wildman–Crippen LogP) is 4.34. The highest BCUT2D eigenvalue weighted by atomic mass is 35.5. The standard InChI is InChI=1S/C15H21Cl2NO/c1-10(12-9-11(16)7-8-13(12)17)18-14-5-3-2-4-6-15(14)19/h7-10,14-15,18-19H,2-6H2,1H3. The van der Waals surface area contributed by atoms with Crippen molar-refractivity contribution in [3.05, 3.63) is 33.8 Å². The van der Waals surface area contributed by atoms with Gasteiger partial charge in [-0.2, -0.15) is 0 Å². The van der Waals surface area contributed by atoms with Crippen LogP contribution in [0.4, 0.5) is 0 Å². The van der Waals surface area contributed by atoms with Gasteiger partial charge in [-0.1, -0.05) is 42.5 Å². The van der Waals surface area contributed by atoms with Crippen molar-refractivity contribution in [2.75, 3.05) is 0 Å². The summed E-state index contributed by atoms with van der Waals surface area (Å²) in [4.78, 5) is 0. The number of rotatable bonds is 3. The lowest BCUT2D eigenvalue weighted by molar-refractivity contribution is 0.115. The van der Waals surface area contributed by atoms with Crippen molar-refractivity contribution in [3.8, 4) is 0 Å². The molecule has 0 saturated heterocycles. The molecule has 1 saturated carbocycles. The molecule has 1 fully saturated rings. The van der Waals surface area contributed by atoms with E-state index in [1.807, 2.05) is 12.1 Å². The molecule has 0 aliphatic heterocycles. The maximum atomic E-state index is 10.1. The summed E-state index contributed by atoms with van der Waals surface area (Å²) in [5.74, 6) is 0. The van der Waals surface area contributed by atoms with Gasteiger partial charge in [0.15, 0.2) is 0 Å². The average Bonchev–Trinajstić information content (AvgIpc) is 2.58. The van der Waals surface area contributed by atoms with Gasteiger partial charge in [0, 0.05) is 22.1 Å². The fourth-order valence-corrected chi connectivity index (χ4v) is 3.20. The molecule has 1 aliphatic carbocycles. The summed E-state index contributed by atoms with van der Waals surface area (Å²) in [7, 11) is 0. The van der Waals surface area contributed by atoms with Gasteiger partial charge in [0.1, 0.15) is 0 Å². The summed E-state index contributed by atoms with van der Waals surface area (Å²) in [5.41, 5.74) is 0.991. The molecule has 1 aromatic carbocycles. The number of hydrogen-bond donors (Lipinski definition) is 2. The van der Waals surface area contributed by atoms with Crippen molar-refractivity contribution in [2.45, 2.75) is 57.2 Å². The van der Waals surface area contributed by atoms with E-state index in [1.165, 1.54) is 12.8 Å². The molecule has 0 aromatic heterocycles. The minimum absolute atomic E-state index is 0.0870. The minimum Gasteiger partial charge on any atom is -0.392 e. The quantitative estimate of drug-likeness (QED) is 0.814. The molecule has 106 valence electrons. The van der Waals surface area contributed by atoms with Crippen LogP contribution in [0.3, 0.4) is 0 Å². The van der Waals surface area contributed by atoms with Crippen LogP contribution in [0.1, 0.15) is 50.6 Å². The van der Waals surface area contributed by atoms with Crippen molar-refractivity contribution in [1.29, 1.82) is 0 Å². The number of aliphatic hydroxyl groups excluding tert-OH is 1. The topological polar surface area (TPSA) is 32.3 Å². The Labute approximate surface area is 125 Å². The Hall–Kier alpha value is -0.280. The van der Waals surface area contributed by atoms with Crippen molar-refractivity contribution >= 4 is 23.2 Å². The summed E-state index contributed by atoms with van der Waals surface area (Å²) in [6.07, 6.45) is 5.14. The first kappa shape index (κ1) is 15.1. The fraction of sp³-hybridized carbons (Fsp3) is 0.600. The molecular formula is C15H21Cl2NO. The van der Waals surface area contributed by atoms with E-state index < -0.39 is 0 Å². The Kier molecular flexibility index (Phi) is 5.52. The van der Waals surface area contributed by atoms with E-state index in [-0.39, 0.29) is 18.2 Å². The number of aliphatic hydroxyl groups is 1. The molecule has 0 spiro atoms. The fourth-order valence-electron chi connectivity index (χ4n) is 2.74. The molecule has 3 unspecified atom stereocenters. The van der Waals surface area contributed by atoms with Crippen LogP contribution >= 0.6 is 23.2 Å². The zero-order valence-electron chi connectivity index (χ0n) is 11.2. The maximum absolute atomic E-state index is 10.1. The summed E-state index contributed by atoms with van der Waals surface area (Å²) in [6.45, 7) is 2.06. The van der Waals surface area contributed by atoms with E-state index in [9.17, 15) is 5.11 Å². The van der Waals surface area contributed by atoms with Gasteiger partial charge >= 0.3 is 0 Å². The second-order valence-electron chi connectivity index (χ2n) is 5.37. The first-order valence-corrected chi connectivity index (χ1v) is 7.72. The lowest BCUT2D eigenvalue weighted by atomic mass is 10.0. The van der Waals surface area contributed by atoms with Gasteiger partial charge < -0.3 is 10.4 Å². The maximum Gasteiger partial charge on any atom is 0.0693 e. The molecule has 0 bridgehead atoms. The molecule has 0 radical (unpaired) electrons. The van der Waals surface area contributed by atoms with E-state index in [0.717, 1.165) is 24.8 Å². The van der Waals surface area contributed by atoms with Crippen LogP contribution in [-0.4, -0.2) is 17.3 Å². The molecule has 1 aliphatic rings. The summed E-state index contributed by atoms with van der Waals surface area (Å²) in [6, 6.07) is 5.74. The van der Waals surface area contributed by atoms with Crippen molar-refractivity contribution in [3.63, 3.8) is 0 Å². The number of hydrogen-bond acceptors (Lipinski definition) is 2. The molecular weight excluding hydrogens is 281 g/mol. The summed E-state index contributed by atoms with van der Waals surface area (Å²) in [5, 5.41) is 15.1. The van der Waals surface area contributed by atoms with Crippen molar-refractivity contribution < 1.29 is 5.11 Å². The van der Waals surface area contributed by atoms with Gasteiger partial charge in [0.25, 0.3) is 0 Å². The monoisotopic (exact) mass is 301 g/mol. The first-order valence-electron chi connectivity index (χ1n) is 6.97. The normalized spacial score (nSPS) is 25.9. The highest BCUT2D eigenvalue weighted by Crippen LogP contribution is 2.28. The summed E-state index contributed by atoms with van der Waals surface area (Å²) < 4.78 is 0. The van der Waals surface area contributed by atoms with E-state index in [2.05, 4.69) is 12.2 Å². The van der Waals surface area contributed by atoms with E-state index in [0.29, 0.717) is 10.0 Å². The molecule has 4 heteroatoms. The Morgan fingerprint density at radius 2 is 1.95 bits per heavy atom. The Morgan fingerprint density at radius 3 is 2.74 bits per heavy atom. The van der Waals surface area contributed by atoms with Crippen LogP contribution in [0.2, 0.25) is 10.0 Å². The van der Waals surface area contributed by atoms with E-state index in [1.54, 1.807) is 6.07 Å². The third-order valence-corrected chi connectivity index (χ3v) is 4.45. The van der Waals surface area contributed by atoms with Crippen LogP contribution in [0.15, 0.2) is 18.2 Å². The zero-order valence-corrected chi connectivity index (χ0v) is 12.7. The molecule has 3 atom stereocenters. The number of halogens is 2. The number of benzene rings is 1. The Morgan fingerprint density at radius 1 is 1.21 bits per heavy atom. The van der Waals surface area contributed by atoms with Crippen LogP contribution in [0.5, 0.6) is 0 Å². The highest BCUT2D eigenvalue weighted by Gasteiger charge is 2.23. The molecule has 0 heterocycles. The largest absolute Gasteiger partial charge is 0.392 e. The summed E-state index contributed by atoms with van der Waals surface area (Å²) >= 11 is 12.2. The van der Waals surface area contributed by atoms with Gasteiger partial charge in [0.05, 0.1) is 6.10 Å². The SMILES string of the molecule is CC(NC1CCCCCC1O)c1cc(Cl)ccc1Cl. The highest BCUT2D eigenvalue weighted by molar-refractivity contribution is 6.33. The van der Waals surface area contributed by atoms with E-state index >= 15 is 0 Å². The smallest absolute Gasteiger partial charge is 0.0693 e. The lowest BCUT2D eigenvalue weighted by Gasteiger charge is -2.26. The van der Waals surface area contributed by atoms with Gasteiger partial charge in [-0.25, -0.2) is 0 Å². The van der Waals surface area contributed by atoms with Crippen LogP contribution < -0.4 is 5.32 Å². The first-order chi connectivity index (χ1) is 9.08. The zero-order chi connectivity index (χ0) is 13.8. The molecule has 2 N–H and O–H groups in total. The molecule has 0 amide bonds. The second kappa shape index (κ2) is 6.94. The minimum atomic E-state index is -0.261. The lowest BCUT2D eigenvalue weighted by Crippen LogP contribution is -2.40. The van der Waals surface area contributed by atoms with Gasteiger partial charge in [-0.05, 0) is 43.5 Å². The average molecular weight is 302 g/mol. The van der Waals surface area contributed by atoms with Gasteiger partial charge in [-0.15, -0.1) is 0 Å². The Balaban J connectivity index is 2.06. The third-order valence-electron chi connectivity index (χ3n) is 3.87. The molecule has 2 nitrogen and oxygen atoms in total. The third kappa shape index (κ3) is 4.09. The molecule has 19 heavy (non-hydrogen) atoms. The van der Waals surface area contributed by atoms with Crippen LogP contribution in [-0.2, 0) is 0 Å². The van der Waals surface area contributed by atoms with E-state index in [4.69, 9.17) is 23.2 Å². The molecule has 1 aromatic rings. The van der Waals surface area contributed by atoms with Gasteiger partial charge in [0.2, 0.25) is 0 Å². The van der Waals surface area contributed by atoms with Crippen LogP contribution in [0.25, 0.3) is 0 Å². The Bertz CT molecular complexity index is 425. The predicted molar refractivity (Wildman–Crippen MR) is 80.9 cm³/mol. The number of nitrogens with one attached hydrogen (secondary N) is 1. The van der Waals surface area contributed by atoms with Crippen molar-refractivity contribution in [1.82, 2.24) is 5.32 Å². The van der Waals surface area contributed by atoms with Crippen LogP contribution in [0, 0.1) is 0 Å².